The number of likely N-dealkylation sites (tertiary alicyclic amines) is 1. The number of imidazole rings is 1. The van der Waals surface area contributed by atoms with Crippen LogP contribution in [0.3, 0.4) is 0 Å². The van der Waals surface area contributed by atoms with E-state index in [1.54, 1.807) is 20.0 Å². The number of hydrogen-bond acceptors (Lipinski definition) is 7. The molecular formula is C22H28N6O4S. The van der Waals surface area contributed by atoms with Gasteiger partial charge in [-0.15, -0.1) is 4.31 Å². The minimum atomic E-state index is -3.75. The summed E-state index contributed by atoms with van der Waals surface area (Å²) in [6.45, 7) is 5.10. The molecule has 2 unspecified atom stereocenters. The second-order valence-electron chi connectivity index (χ2n) is 8.95. The van der Waals surface area contributed by atoms with Crippen LogP contribution in [-0.4, -0.2) is 66.0 Å². The zero-order chi connectivity index (χ0) is 23.2. The van der Waals surface area contributed by atoms with Gasteiger partial charge in [0.1, 0.15) is 11.5 Å². The van der Waals surface area contributed by atoms with Crippen LogP contribution in [0, 0.1) is 19.8 Å². The molecule has 3 aromatic rings. The van der Waals surface area contributed by atoms with Crippen LogP contribution < -0.4 is 0 Å². The normalized spacial score (nSPS) is 22.5. The Bertz CT molecular complexity index is 1160. The summed E-state index contributed by atoms with van der Waals surface area (Å²) < 4.78 is 32.9. The third-order valence-corrected chi connectivity index (χ3v) is 8.88. The van der Waals surface area contributed by atoms with Crippen molar-refractivity contribution in [2.45, 2.75) is 50.3 Å². The molecule has 0 aliphatic carbocycles. The van der Waals surface area contributed by atoms with Gasteiger partial charge in [-0.05, 0) is 44.7 Å². The minimum absolute atomic E-state index is 0.0402. The number of aryl methyl sites for hydroxylation is 2. The van der Waals surface area contributed by atoms with E-state index in [1.165, 1.54) is 4.31 Å². The maximum atomic E-state index is 13.3. The van der Waals surface area contributed by atoms with Crippen molar-refractivity contribution in [2.75, 3.05) is 26.2 Å². The van der Waals surface area contributed by atoms with Gasteiger partial charge in [0.2, 0.25) is 10.8 Å². The van der Waals surface area contributed by atoms with Gasteiger partial charge in [-0.25, -0.2) is 9.97 Å². The molecule has 176 valence electrons. The van der Waals surface area contributed by atoms with Gasteiger partial charge < -0.3 is 19.0 Å². The standard InChI is InChI=1S/C22H28N6O4S/c1-14-19(15(2)32-26-14)33(30,31)28-10-4-5-17(13-28)22(29)27-11-7-16(8-12-27)20-24-18-6-3-9-23-21(18)25-20/h3,6,9,16-17H,4-5,7-8,10-13H2,1-2H3,(H-,23,24,25,30,31). The number of rotatable bonds is 4. The smallest absolute Gasteiger partial charge is 0.240 e. The predicted molar refractivity (Wildman–Crippen MR) is 120 cm³/mol. The highest BCUT2D eigenvalue weighted by molar-refractivity contribution is 7.95. The number of nitrogens with one attached hydrogen (secondary N) is 1. The number of fused-ring (bicyclic) bond motifs is 1. The minimum Gasteiger partial charge on any atom is -0.593 e. The number of aromatic nitrogens is 4. The second-order valence-corrected chi connectivity index (χ2v) is 10.8. The fourth-order valence-corrected chi connectivity index (χ4v) is 6.84. The zero-order valence-corrected chi connectivity index (χ0v) is 19.6. The average Bonchev–Trinajstić information content (AvgIpc) is 3.41. The number of carbonyl (C=O) groups is 1. The first-order valence-electron chi connectivity index (χ1n) is 11.4. The first-order valence-corrected chi connectivity index (χ1v) is 12.8. The van der Waals surface area contributed by atoms with Crippen LogP contribution in [0.1, 0.15) is 48.9 Å². The van der Waals surface area contributed by atoms with Crippen molar-refractivity contribution < 1.29 is 18.1 Å². The van der Waals surface area contributed by atoms with Crippen LogP contribution in [0.2, 0.25) is 0 Å². The Labute approximate surface area is 193 Å². The van der Waals surface area contributed by atoms with Crippen molar-refractivity contribution in [3.05, 3.63) is 35.6 Å². The fourth-order valence-electron chi connectivity index (χ4n) is 5.02. The van der Waals surface area contributed by atoms with Crippen molar-refractivity contribution in [1.29, 1.82) is 0 Å². The summed E-state index contributed by atoms with van der Waals surface area (Å²) in [6.07, 6.45) is 4.72. The van der Waals surface area contributed by atoms with Crippen molar-refractivity contribution in [1.82, 2.24) is 29.3 Å². The van der Waals surface area contributed by atoms with Crippen LogP contribution in [0.15, 0.2) is 27.7 Å². The lowest BCUT2D eigenvalue weighted by Crippen LogP contribution is -2.50. The zero-order valence-electron chi connectivity index (χ0n) is 18.8. The molecule has 0 saturated carbocycles. The number of sulfonamides is 1. The van der Waals surface area contributed by atoms with Gasteiger partial charge in [-0.2, -0.15) is 0 Å². The molecular weight excluding hydrogens is 444 g/mol. The Morgan fingerprint density at radius 1 is 1.24 bits per heavy atom. The van der Waals surface area contributed by atoms with E-state index in [0.717, 1.165) is 24.2 Å². The summed E-state index contributed by atoms with van der Waals surface area (Å²) in [5, 5.41) is 3.78. The molecule has 10 nitrogen and oxygen atoms in total. The van der Waals surface area contributed by atoms with Gasteiger partial charge in [0.25, 0.3) is 0 Å². The lowest BCUT2D eigenvalue weighted by molar-refractivity contribution is -0.137. The fraction of sp³-hybridized carbons (Fsp3) is 0.545. The molecule has 33 heavy (non-hydrogen) atoms. The molecule has 0 aromatic carbocycles. The number of carbonyl (C=O) groups excluding carboxylic acids is 1. The molecule has 0 bridgehead atoms. The van der Waals surface area contributed by atoms with Crippen molar-refractivity contribution in [3.8, 4) is 0 Å². The highest BCUT2D eigenvalue weighted by atomic mass is 32.3. The van der Waals surface area contributed by atoms with Crippen LogP contribution in [0.25, 0.3) is 11.2 Å². The van der Waals surface area contributed by atoms with E-state index in [0.29, 0.717) is 43.8 Å². The number of H-pyrrole nitrogens is 1. The van der Waals surface area contributed by atoms with E-state index >= 15 is 0 Å². The average molecular weight is 473 g/mol. The van der Waals surface area contributed by atoms with E-state index in [2.05, 4.69) is 20.1 Å². The van der Waals surface area contributed by atoms with Gasteiger partial charge in [0.15, 0.2) is 21.8 Å². The summed E-state index contributed by atoms with van der Waals surface area (Å²) in [5.41, 5.74) is 1.99. The maximum Gasteiger partial charge on any atom is 0.240 e. The SMILES string of the molecule is Cc1noc(C)c1[S+](=O)([O-])N1CCCC(C(=O)N2CCC(c3nc4ncccc4[nH]3)CC2)C1. The molecule has 0 radical (unpaired) electrons. The molecule has 2 atom stereocenters. The van der Waals surface area contributed by atoms with E-state index < -0.39 is 10.4 Å². The molecule has 2 aliphatic heterocycles. The number of piperidine rings is 2. The molecule has 1 amide bonds. The van der Waals surface area contributed by atoms with Crippen molar-refractivity contribution in [2.24, 2.45) is 5.92 Å². The first kappa shape index (κ1) is 22.2. The van der Waals surface area contributed by atoms with Crippen molar-refractivity contribution in [3.63, 3.8) is 0 Å². The van der Waals surface area contributed by atoms with Crippen LogP contribution in [-0.2, 0) is 19.4 Å². The predicted octanol–water partition coefficient (Wildman–Crippen LogP) is 2.58. The van der Waals surface area contributed by atoms with E-state index in [4.69, 9.17) is 4.52 Å². The van der Waals surface area contributed by atoms with E-state index in [9.17, 15) is 13.6 Å². The highest BCUT2D eigenvalue weighted by Gasteiger charge is 2.42. The number of pyridine rings is 1. The molecule has 3 aromatic heterocycles. The van der Waals surface area contributed by atoms with E-state index in [-0.39, 0.29) is 34.9 Å². The Morgan fingerprint density at radius 3 is 2.73 bits per heavy atom. The van der Waals surface area contributed by atoms with Crippen LogP contribution in [0.4, 0.5) is 0 Å². The van der Waals surface area contributed by atoms with Crippen LogP contribution in [0.5, 0.6) is 0 Å². The highest BCUT2D eigenvalue weighted by Crippen LogP contribution is 2.33. The first-order chi connectivity index (χ1) is 15.8. The van der Waals surface area contributed by atoms with Crippen LogP contribution >= 0.6 is 0 Å². The molecule has 2 fully saturated rings. The lowest BCUT2D eigenvalue weighted by atomic mass is 9.93. The van der Waals surface area contributed by atoms with Crippen molar-refractivity contribution >= 4 is 27.5 Å². The monoisotopic (exact) mass is 472 g/mol. The number of amides is 1. The number of hydrogen-bond donors (Lipinski definition) is 1. The summed E-state index contributed by atoms with van der Waals surface area (Å²) in [5.74, 6) is 1.17. The third kappa shape index (κ3) is 4.09. The maximum absolute atomic E-state index is 13.3. The lowest BCUT2D eigenvalue weighted by Gasteiger charge is -2.37. The molecule has 11 heteroatoms. The molecule has 0 spiro atoms. The van der Waals surface area contributed by atoms with Gasteiger partial charge >= 0.3 is 0 Å². The van der Waals surface area contributed by atoms with Gasteiger partial charge in [-0.1, -0.05) is 9.37 Å². The Morgan fingerprint density at radius 2 is 2.03 bits per heavy atom. The van der Waals surface area contributed by atoms with Gasteiger partial charge in [-0.3, -0.25) is 4.79 Å². The molecule has 5 heterocycles. The summed E-state index contributed by atoms with van der Waals surface area (Å²) in [7, 11) is -3.75. The topological polar surface area (TPSA) is 131 Å². The molecule has 1 N–H and O–H groups in total. The third-order valence-electron chi connectivity index (χ3n) is 6.77. The Hall–Kier alpha value is -2.63. The Kier molecular flexibility index (Phi) is 5.79. The summed E-state index contributed by atoms with van der Waals surface area (Å²) in [4.78, 5) is 27.5. The summed E-state index contributed by atoms with van der Waals surface area (Å²) >= 11 is 0. The quantitative estimate of drug-likeness (QED) is 0.577. The second kappa shape index (κ2) is 8.62. The number of aromatic amines is 1. The van der Waals surface area contributed by atoms with Gasteiger partial charge in [0, 0.05) is 38.7 Å². The molecule has 2 aliphatic rings. The molecule has 5 rings (SSSR count). The number of nitrogens with zero attached hydrogens (tertiary/aromatic N) is 5. The Balaban J connectivity index is 1.23. The van der Waals surface area contributed by atoms with Gasteiger partial charge in [0.05, 0.1) is 18.0 Å². The largest absolute Gasteiger partial charge is 0.593 e. The summed E-state index contributed by atoms with van der Waals surface area (Å²) in [6, 6.07) is 3.84. The molecule has 2 saturated heterocycles. The van der Waals surface area contributed by atoms with E-state index in [1.807, 2.05) is 17.0 Å².